The first kappa shape index (κ1) is 17.0. The zero-order valence-corrected chi connectivity index (χ0v) is 14.5. The summed E-state index contributed by atoms with van der Waals surface area (Å²) >= 11 is 0. The Hall–Kier alpha value is -2.89. The molecule has 1 atom stereocenters. The second-order valence-corrected chi connectivity index (χ2v) is 5.76. The number of nitrogens with one attached hydrogen (secondary N) is 1. The van der Waals surface area contributed by atoms with Crippen LogP contribution in [0.5, 0.6) is 23.0 Å². The Morgan fingerprint density at radius 3 is 2.64 bits per heavy atom. The highest BCUT2D eigenvalue weighted by molar-refractivity contribution is 5.96. The van der Waals surface area contributed by atoms with E-state index < -0.39 is 0 Å². The second kappa shape index (κ2) is 6.93. The van der Waals surface area contributed by atoms with Crippen molar-refractivity contribution < 1.29 is 24.1 Å². The Bertz CT molecular complexity index is 803. The van der Waals surface area contributed by atoms with Gasteiger partial charge in [0.15, 0.2) is 11.5 Å². The molecule has 132 valence electrons. The zero-order chi connectivity index (χ0) is 18.0. The molecule has 0 bridgehead atoms. The molecule has 0 radical (unpaired) electrons. The molecule has 25 heavy (non-hydrogen) atoms. The number of ether oxygens (including phenoxy) is 3. The maximum atomic E-state index is 12.2. The SMILES string of the molecule is CCOc1cc([C@H]2CC(=O)Nc3cc(OC)cc(OC)c32)ccc1O. The molecule has 1 aliphatic rings. The quantitative estimate of drug-likeness (QED) is 0.871. The van der Waals surface area contributed by atoms with E-state index in [1.54, 1.807) is 44.6 Å². The van der Waals surface area contributed by atoms with Crippen molar-refractivity contribution in [1.29, 1.82) is 0 Å². The fourth-order valence-electron chi connectivity index (χ4n) is 3.14. The van der Waals surface area contributed by atoms with Gasteiger partial charge in [0.1, 0.15) is 11.5 Å². The van der Waals surface area contributed by atoms with Gasteiger partial charge < -0.3 is 24.6 Å². The summed E-state index contributed by atoms with van der Waals surface area (Å²) < 4.78 is 16.3. The van der Waals surface area contributed by atoms with Gasteiger partial charge in [0, 0.05) is 30.0 Å². The van der Waals surface area contributed by atoms with Gasteiger partial charge in [0.25, 0.3) is 0 Å². The van der Waals surface area contributed by atoms with Crippen molar-refractivity contribution in [3.05, 3.63) is 41.5 Å². The lowest BCUT2D eigenvalue weighted by molar-refractivity contribution is -0.116. The number of carbonyl (C=O) groups is 1. The molecule has 0 aliphatic carbocycles. The maximum absolute atomic E-state index is 12.2. The van der Waals surface area contributed by atoms with Crippen LogP contribution in [0.1, 0.15) is 30.4 Å². The largest absolute Gasteiger partial charge is 0.504 e. The summed E-state index contributed by atoms with van der Waals surface area (Å²) in [5.74, 6) is 1.44. The Morgan fingerprint density at radius 1 is 1.16 bits per heavy atom. The van der Waals surface area contributed by atoms with Gasteiger partial charge in [-0.15, -0.1) is 0 Å². The van der Waals surface area contributed by atoms with Crippen molar-refractivity contribution in [3.63, 3.8) is 0 Å². The number of hydrogen-bond donors (Lipinski definition) is 2. The molecule has 0 spiro atoms. The summed E-state index contributed by atoms with van der Waals surface area (Å²) in [4.78, 5) is 12.2. The van der Waals surface area contributed by atoms with Gasteiger partial charge in [-0.2, -0.15) is 0 Å². The number of benzene rings is 2. The zero-order valence-electron chi connectivity index (χ0n) is 14.5. The van der Waals surface area contributed by atoms with E-state index in [0.29, 0.717) is 29.5 Å². The highest BCUT2D eigenvalue weighted by Crippen LogP contribution is 2.46. The van der Waals surface area contributed by atoms with Crippen LogP contribution in [0.4, 0.5) is 5.69 Å². The Labute approximate surface area is 146 Å². The van der Waals surface area contributed by atoms with Crippen LogP contribution in [0.3, 0.4) is 0 Å². The monoisotopic (exact) mass is 343 g/mol. The van der Waals surface area contributed by atoms with E-state index in [1.807, 2.05) is 6.92 Å². The molecular formula is C19H21NO5. The van der Waals surface area contributed by atoms with Crippen LogP contribution in [0.2, 0.25) is 0 Å². The molecule has 1 amide bonds. The van der Waals surface area contributed by atoms with Crippen LogP contribution in [-0.4, -0.2) is 31.8 Å². The summed E-state index contributed by atoms with van der Waals surface area (Å²) in [6.45, 7) is 2.30. The number of carbonyl (C=O) groups excluding carboxylic acids is 1. The predicted octanol–water partition coefficient (Wildman–Crippen LogP) is 3.28. The molecule has 2 aromatic rings. The number of amides is 1. The van der Waals surface area contributed by atoms with E-state index in [2.05, 4.69) is 5.32 Å². The molecule has 2 aromatic carbocycles. The van der Waals surface area contributed by atoms with E-state index in [-0.39, 0.29) is 24.0 Å². The molecule has 1 aliphatic heterocycles. The molecular weight excluding hydrogens is 322 g/mol. The van der Waals surface area contributed by atoms with Gasteiger partial charge in [-0.05, 0) is 24.6 Å². The van der Waals surface area contributed by atoms with E-state index in [1.165, 1.54) is 0 Å². The first-order valence-corrected chi connectivity index (χ1v) is 8.08. The average Bonchev–Trinajstić information content (AvgIpc) is 2.61. The fourth-order valence-corrected chi connectivity index (χ4v) is 3.14. The number of methoxy groups -OCH3 is 2. The van der Waals surface area contributed by atoms with Crippen molar-refractivity contribution in [2.24, 2.45) is 0 Å². The van der Waals surface area contributed by atoms with Gasteiger partial charge in [-0.25, -0.2) is 0 Å². The summed E-state index contributed by atoms with van der Waals surface area (Å²) in [5.41, 5.74) is 2.43. The van der Waals surface area contributed by atoms with Gasteiger partial charge >= 0.3 is 0 Å². The average molecular weight is 343 g/mol. The third kappa shape index (κ3) is 3.20. The summed E-state index contributed by atoms with van der Waals surface area (Å²) in [7, 11) is 3.16. The molecule has 3 rings (SSSR count). The number of hydrogen-bond acceptors (Lipinski definition) is 5. The molecule has 2 N–H and O–H groups in total. The normalized spacial score (nSPS) is 16.0. The van der Waals surface area contributed by atoms with Crippen LogP contribution in [0.25, 0.3) is 0 Å². The molecule has 6 heteroatoms. The fraction of sp³-hybridized carbons (Fsp3) is 0.316. The first-order valence-electron chi connectivity index (χ1n) is 8.08. The van der Waals surface area contributed by atoms with Gasteiger partial charge in [-0.3, -0.25) is 4.79 Å². The number of rotatable bonds is 5. The van der Waals surface area contributed by atoms with Crippen molar-refractivity contribution in [3.8, 4) is 23.0 Å². The minimum absolute atomic E-state index is 0.0766. The number of anilines is 1. The lowest BCUT2D eigenvalue weighted by Gasteiger charge is -2.28. The smallest absolute Gasteiger partial charge is 0.225 e. The second-order valence-electron chi connectivity index (χ2n) is 5.76. The van der Waals surface area contributed by atoms with Crippen molar-refractivity contribution >= 4 is 11.6 Å². The van der Waals surface area contributed by atoms with Crippen LogP contribution >= 0.6 is 0 Å². The van der Waals surface area contributed by atoms with Crippen molar-refractivity contribution in [1.82, 2.24) is 0 Å². The molecule has 1 heterocycles. The molecule has 0 aromatic heterocycles. The molecule has 0 unspecified atom stereocenters. The lowest BCUT2D eigenvalue weighted by Crippen LogP contribution is -2.24. The van der Waals surface area contributed by atoms with Gasteiger partial charge in [0.2, 0.25) is 5.91 Å². The van der Waals surface area contributed by atoms with Crippen LogP contribution in [0.15, 0.2) is 30.3 Å². The Kier molecular flexibility index (Phi) is 4.70. The van der Waals surface area contributed by atoms with E-state index in [4.69, 9.17) is 14.2 Å². The summed E-state index contributed by atoms with van der Waals surface area (Å²) in [5, 5.41) is 12.8. The van der Waals surface area contributed by atoms with E-state index in [0.717, 1.165) is 11.1 Å². The molecule has 0 saturated heterocycles. The number of phenols is 1. The molecule has 6 nitrogen and oxygen atoms in total. The lowest BCUT2D eigenvalue weighted by atomic mass is 9.84. The third-order valence-corrected chi connectivity index (χ3v) is 4.27. The highest BCUT2D eigenvalue weighted by atomic mass is 16.5. The third-order valence-electron chi connectivity index (χ3n) is 4.27. The minimum atomic E-state index is -0.204. The highest BCUT2D eigenvalue weighted by Gasteiger charge is 2.31. The molecule has 0 saturated carbocycles. The Morgan fingerprint density at radius 2 is 1.96 bits per heavy atom. The maximum Gasteiger partial charge on any atom is 0.225 e. The van der Waals surface area contributed by atoms with Gasteiger partial charge in [-0.1, -0.05) is 6.07 Å². The number of aromatic hydroxyl groups is 1. The first-order chi connectivity index (χ1) is 12.1. The van der Waals surface area contributed by atoms with Crippen LogP contribution in [0, 0.1) is 0 Å². The van der Waals surface area contributed by atoms with Crippen LogP contribution in [-0.2, 0) is 4.79 Å². The van der Waals surface area contributed by atoms with E-state index >= 15 is 0 Å². The van der Waals surface area contributed by atoms with Gasteiger partial charge in [0.05, 0.1) is 26.5 Å². The topological polar surface area (TPSA) is 77.0 Å². The van der Waals surface area contributed by atoms with Crippen molar-refractivity contribution in [2.45, 2.75) is 19.3 Å². The van der Waals surface area contributed by atoms with Crippen LogP contribution < -0.4 is 19.5 Å². The number of phenolic OH excluding ortho intramolecular Hbond substituents is 1. The number of fused-ring (bicyclic) bond motifs is 1. The standard InChI is InChI=1S/C19H21NO5/c1-4-25-16-7-11(5-6-15(16)21)13-10-18(22)20-14-8-12(23-2)9-17(24-3)19(13)14/h5-9,13,21H,4,10H2,1-3H3,(H,20,22)/t13-/m1/s1. The van der Waals surface area contributed by atoms with Crippen molar-refractivity contribution in [2.75, 3.05) is 26.1 Å². The predicted molar refractivity (Wildman–Crippen MR) is 93.9 cm³/mol. The molecule has 0 fully saturated rings. The Balaban J connectivity index is 2.13. The minimum Gasteiger partial charge on any atom is -0.504 e. The summed E-state index contributed by atoms with van der Waals surface area (Å²) in [6, 6.07) is 8.74. The summed E-state index contributed by atoms with van der Waals surface area (Å²) in [6.07, 6.45) is 0.284. The van der Waals surface area contributed by atoms with E-state index in [9.17, 15) is 9.90 Å².